The van der Waals surface area contributed by atoms with E-state index in [0.29, 0.717) is 17.4 Å². The van der Waals surface area contributed by atoms with Crippen LogP contribution in [0.25, 0.3) is 0 Å². The van der Waals surface area contributed by atoms with Crippen molar-refractivity contribution in [1.82, 2.24) is 10.2 Å². The molecule has 1 aliphatic heterocycles. The van der Waals surface area contributed by atoms with Crippen LogP contribution >= 0.6 is 0 Å². The van der Waals surface area contributed by atoms with Gasteiger partial charge in [0.2, 0.25) is 0 Å². The molecule has 132 valence electrons. The zero-order chi connectivity index (χ0) is 17.2. The van der Waals surface area contributed by atoms with Crippen molar-refractivity contribution < 1.29 is 9.53 Å². The zero-order valence-electron chi connectivity index (χ0n) is 15.2. The lowest BCUT2D eigenvalue weighted by atomic mass is 9.76. The number of nitrogens with zero attached hydrogens (tertiary/aromatic N) is 1. The van der Waals surface area contributed by atoms with Crippen LogP contribution in [0.2, 0.25) is 0 Å². The Balaban J connectivity index is 1.55. The highest BCUT2D eigenvalue weighted by molar-refractivity contribution is 5.75. The fourth-order valence-electron chi connectivity index (χ4n) is 4.01. The first-order valence-corrected chi connectivity index (χ1v) is 9.17. The van der Waals surface area contributed by atoms with Crippen LogP contribution in [0.3, 0.4) is 0 Å². The molecule has 2 fully saturated rings. The summed E-state index contributed by atoms with van der Waals surface area (Å²) in [5, 5.41) is 3.25. The number of hydrogen-bond donors (Lipinski definition) is 1. The SMILES string of the molecule is COc1ccccc1C1CCN(C(=O)NC2CCC(C)(C)CC2)C1. The Morgan fingerprint density at radius 1 is 1.21 bits per heavy atom. The highest BCUT2D eigenvalue weighted by atomic mass is 16.5. The van der Waals surface area contributed by atoms with E-state index in [1.165, 1.54) is 18.4 Å². The van der Waals surface area contributed by atoms with Gasteiger partial charge in [0.15, 0.2) is 0 Å². The van der Waals surface area contributed by atoms with E-state index in [4.69, 9.17) is 4.74 Å². The molecule has 1 aliphatic carbocycles. The van der Waals surface area contributed by atoms with Crippen molar-refractivity contribution in [2.45, 2.75) is 57.9 Å². The molecule has 1 aromatic carbocycles. The van der Waals surface area contributed by atoms with Crippen molar-refractivity contribution in [2.75, 3.05) is 20.2 Å². The first-order valence-electron chi connectivity index (χ1n) is 9.17. The van der Waals surface area contributed by atoms with Crippen molar-refractivity contribution in [3.05, 3.63) is 29.8 Å². The Morgan fingerprint density at radius 2 is 1.92 bits per heavy atom. The minimum absolute atomic E-state index is 0.108. The fraction of sp³-hybridized carbons (Fsp3) is 0.650. The lowest BCUT2D eigenvalue weighted by molar-refractivity contribution is 0.180. The molecule has 4 heteroatoms. The van der Waals surface area contributed by atoms with Gasteiger partial charge in [0.1, 0.15) is 5.75 Å². The molecule has 0 spiro atoms. The van der Waals surface area contributed by atoms with E-state index in [9.17, 15) is 4.79 Å². The van der Waals surface area contributed by atoms with Gasteiger partial charge < -0.3 is 15.0 Å². The van der Waals surface area contributed by atoms with E-state index in [1.54, 1.807) is 7.11 Å². The van der Waals surface area contributed by atoms with Crippen LogP contribution in [-0.4, -0.2) is 37.2 Å². The highest BCUT2D eigenvalue weighted by Crippen LogP contribution is 2.36. The second-order valence-corrected chi connectivity index (χ2v) is 8.06. The number of benzene rings is 1. The maximum Gasteiger partial charge on any atom is 0.317 e. The van der Waals surface area contributed by atoms with Gasteiger partial charge in [-0.2, -0.15) is 0 Å². The molecule has 1 saturated heterocycles. The van der Waals surface area contributed by atoms with Gasteiger partial charge in [0, 0.05) is 25.0 Å². The van der Waals surface area contributed by atoms with Crippen LogP contribution in [0.1, 0.15) is 57.4 Å². The van der Waals surface area contributed by atoms with Gasteiger partial charge in [0.05, 0.1) is 7.11 Å². The summed E-state index contributed by atoms with van der Waals surface area (Å²) in [4.78, 5) is 14.6. The van der Waals surface area contributed by atoms with E-state index >= 15 is 0 Å². The van der Waals surface area contributed by atoms with Gasteiger partial charge in [0.25, 0.3) is 0 Å². The summed E-state index contributed by atoms with van der Waals surface area (Å²) >= 11 is 0. The summed E-state index contributed by atoms with van der Waals surface area (Å²) in [7, 11) is 1.71. The molecule has 3 rings (SSSR count). The Labute approximate surface area is 145 Å². The summed E-state index contributed by atoms with van der Waals surface area (Å²) in [6.07, 6.45) is 5.60. The average Bonchev–Trinajstić information content (AvgIpc) is 3.06. The van der Waals surface area contributed by atoms with E-state index in [1.807, 2.05) is 23.1 Å². The first kappa shape index (κ1) is 17.1. The second-order valence-electron chi connectivity index (χ2n) is 8.06. The topological polar surface area (TPSA) is 41.6 Å². The number of rotatable bonds is 3. The quantitative estimate of drug-likeness (QED) is 0.904. The number of nitrogens with one attached hydrogen (secondary N) is 1. The Morgan fingerprint density at radius 3 is 2.62 bits per heavy atom. The molecule has 24 heavy (non-hydrogen) atoms. The third kappa shape index (κ3) is 3.85. The monoisotopic (exact) mass is 330 g/mol. The zero-order valence-corrected chi connectivity index (χ0v) is 15.2. The average molecular weight is 330 g/mol. The molecule has 1 unspecified atom stereocenters. The smallest absolute Gasteiger partial charge is 0.317 e. The van der Waals surface area contributed by atoms with Crippen molar-refractivity contribution in [1.29, 1.82) is 0 Å². The molecule has 1 N–H and O–H groups in total. The number of ether oxygens (including phenoxy) is 1. The molecular formula is C20H30N2O2. The molecular weight excluding hydrogens is 300 g/mol. The number of carbonyl (C=O) groups excluding carboxylic acids is 1. The Bertz CT molecular complexity index is 575. The van der Waals surface area contributed by atoms with Crippen molar-refractivity contribution in [3.63, 3.8) is 0 Å². The van der Waals surface area contributed by atoms with Crippen LogP contribution in [0.5, 0.6) is 5.75 Å². The number of likely N-dealkylation sites (tertiary alicyclic amines) is 1. The van der Waals surface area contributed by atoms with Crippen molar-refractivity contribution >= 4 is 6.03 Å². The van der Waals surface area contributed by atoms with Gasteiger partial charge in [-0.05, 0) is 49.1 Å². The fourth-order valence-corrected chi connectivity index (χ4v) is 4.01. The van der Waals surface area contributed by atoms with Gasteiger partial charge in [-0.3, -0.25) is 0 Å². The Kier molecular flexibility index (Phi) is 5.02. The number of para-hydroxylation sites is 1. The largest absolute Gasteiger partial charge is 0.496 e. The van der Waals surface area contributed by atoms with E-state index in [-0.39, 0.29) is 6.03 Å². The lowest BCUT2D eigenvalue weighted by Gasteiger charge is -2.35. The van der Waals surface area contributed by atoms with E-state index < -0.39 is 0 Å². The first-order chi connectivity index (χ1) is 11.5. The maximum atomic E-state index is 12.6. The van der Waals surface area contributed by atoms with Crippen molar-refractivity contribution in [2.24, 2.45) is 5.41 Å². The molecule has 4 nitrogen and oxygen atoms in total. The predicted molar refractivity (Wildman–Crippen MR) is 96.5 cm³/mol. The van der Waals surface area contributed by atoms with Crippen molar-refractivity contribution in [3.8, 4) is 5.75 Å². The minimum atomic E-state index is 0.108. The molecule has 1 heterocycles. The van der Waals surface area contributed by atoms with Crippen LogP contribution < -0.4 is 10.1 Å². The number of urea groups is 1. The van der Waals surface area contributed by atoms with Crippen LogP contribution in [-0.2, 0) is 0 Å². The van der Waals surface area contributed by atoms with Gasteiger partial charge in [-0.25, -0.2) is 4.79 Å². The molecule has 2 amide bonds. The molecule has 2 aliphatic rings. The molecule has 1 atom stereocenters. The summed E-state index contributed by atoms with van der Waals surface area (Å²) in [5.74, 6) is 1.30. The molecule has 0 bridgehead atoms. The molecule has 0 radical (unpaired) electrons. The van der Waals surface area contributed by atoms with Crippen LogP contribution in [0.4, 0.5) is 4.79 Å². The summed E-state index contributed by atoms with van der Waals surface area (Å²) in [5.41, 5.74) is 1.65. The number of carbonyl (C=O) groups is 1. The summed E-state index contributed by atoms with van der Waals surface area (Å²) in [6, 6.07) is 8.61. The third-order valence-electron chi connectivity index (χ3n) is 5.72. The third-order valence-corrected chi connectivity index (χ3v) is 5.72. The van der Waals surface area contributed by atoms with Gasteiger partial charge in [-0.1, -0.05) is 32.0 Å². The standard InChI is InChI=1S/C20H30N2O2/c1-20(2)11-8-16(9-12-20)21-19(23)22-13-10-15(14-22)17-6-4-5-7-18(17)24-3/h4-7,15-16H,8-14H2,1-3H3,(H,21,23). The normalized spacial score (nSPS) is 24.0. The maximum absolute atomic E-state index is 12.6. The summed E-state index contributed by atoms with van der Waals surface area (Å²) in [6.45, 7) is 6.25. The van der Waals surface area contributed by atoms with Gasteiger partial charge in [-0.15, -0.1) is 0 Å². The minimum Gasteiger partial charge on any atom is -0.496 e. The van der Waals surface area contributed by atoms with Crippen LogP contribution in [0, 0.1) is 5.41 Å². The van der Waals surface area contributed by atoms with E-state index in [0.717, 1.165) is 38.1 Å². The molecule has 1 aromatic rings. The molecule has 0 aromatic heterocycles. The second kappa shape index (κ2) is 7.04. The number of hydrogen-bond acceptors (Lipinski definition) is 2. The number of amides is 2. The molecule has 1 saturated carbocycles. The van der Waals surface area contributed by atoms with Crippen LogP contribution in [0.15, 0.2) is 24.3 Å². The van der Waals surface area contributed by atoms with E-state index in [2.05, 4.69) is 25.2 Å². The lowest BCUT2D eigenvalue weighted by Crippen LogP contribution is -2.45. The van der Waals surface area contributed by atoms with Gasteiger partial charge >= 0.3 is 6.03 Å². The predicted octanol–water partition coefficient (Wildman–Crippen LogP) is 4.16. The summed E-state index contributed by atoms with van der Waals surface area (Å²) < 4.78 is 5.48. The highest BCUT2D eigenvalue weighted by Gasteiger charge is 2.32. The Hall–Kier alpha value is -1.71. The number of methoxy groups -OCH3 is 1.